The molecule has 3 fully saturated rings. The van der Waals surface area contributed by atoms with Crippen LogP contribution in [0.5, 0.6) is 0 Å². The fourth-order valence-corrected chi connectivity index (χ4v) is 8.46. The van der Waals surface area contributed by atoms with E-state index in [1.807, 2.05) is 45.0 Å². The SMILES string of the molecule is Cc1ccc(C[C@@H]2NC(=O)[C@@H]3CCCN3[C@H](C(=O)NC(C)(C)C)[C@H](C)NC(=O)[C@H]([C@@H](C)O)NC(=O)[C@H](CC(=O)O)NC(=O)[C@H](CC(C)C)CC(=O)[C@H]3CCCN3C2=O)cc1. The van der Waals surface area contributed by atoms with Crippen LogP contribution in [0.2, 0.25) is 0 Å². The Morgan fingerprint density at radius 2 is 1.45 bits per heavy atom. The van der Waals surface area contributed by atoms with Crippen molar-refractivity contribution in [3.05, 3.63) is 35.4 Å². The van der Waals surface area contributed by atoms with Gasteiger partial charge in [0.2, 0.25) is 35.4 Å². The van der Waals surface area contributed by atoms with Gasteiger partial charge in [0.25, 0.3) is 0 Å². The molecule has 3 aliphatic rings. The molecule has 60 heavy (non-hydrogen) atoms. The monoisotopic (exact) mass is 839 g/mol. The molecule has 17 nitrogen and oxygen atoms in total. The number of aliphatic hydroxyl groups excluding tert-OH is 1. The van der Waals surface area contributed by atoms with Crippen molar-refractivity contribution in [2.45, 2.75) is 161 Å². The van der Waals surface area contributed by atoms with E-state index in [2.05, 4.69) is 26.6 Å². The van der Waals surface area contributed by atoms with E-state index in [0.29, 0.717) is 25.7 Å². The molecule has 0 aliphatic carbocycles. The summed E-state index contributed by atoms with van der Waals surface area (Å²) in [5, 5.41) is 34.0. The lowest BCUT2D eigenvalue weighted by molar-refractivity contribution is -0.143. The van der Waals surface area contributed by atoms with Gasteiger partial charge in [0.05, 0.1) is 30.7 Å². The standard InChI is InChI=1S/C43H65N7O10/c1-23(2)19-28-21-33(52)31-11-9-18-50(31)42(60)30(20-27-15-13-24(3)14-16-27)46-39(57)32-12-10-17-49(32)36(41(59)48-43(6,7)8)25(4)44-40(58)35(26(5)51)47-38(56)29(22-34(53)54)45-37(28)55/h13-16,23,25-26,28-32,35-36,51H,9-12,17-22H2,1-8H3,(H,44,58)(H,45,55)(H,46,57)(H,47,56)(H,48,59)(H,53,54)/t25-,26+,28+,29-,30-,31+,32-,35-,36-/m0/s1. The van der Waals surface area contributed by atoms with Crippen molar-refractivity contribution in [3.63, 3.8) is 0 Å². The molecule has 6 amide bonds. The molecule has 0 aromatic heterocycles. The number of fused-ring (bicyclic) bond motifs is 2. The van der Waals surface area contributed by atoms with E-state index in [9.17, 15) is 48.6 Å². The highest BCUT2D eigenvalue weighted by Crippen LogP contribution is 2.27. The minimum atomic E-state index is -1.69. The number of Topliss-reactive ketones (excluding diaryl/α,β-unsaturated/α-hetero) is 1. The zero-order valence-electron chi connectivity index (χ0n) is 36.2. The quantitative estimate of drug-likeness (QED) is 0.193. The van der Waals surface area contributed by atoms with Gasteiger partial charge in [-0.1, -0.05) is 43.7 Å². The highest BCUT2D eigenvalue weighted by atomic mass is 16.4. The van der Waals surface area contributed by atoms with Gasteiger partial charge in [-0.05, 0) is 91.7 Å². The van der Waals surface area contributed by atoms with Gasteiger partial charge in [0.15, 0.2) is 5.78 Å². The molecule has 0 bridgehead atoms. The zero-order valence-corrected chi connectivity index (χ0v) is 36.2. The van der Waals surface area contributed by atoms with Crippen LogP contribution in [-0.2, 0) is 44.8 Å². The number of benzene rings is 1. The Bertz CT molecular complexity index is 1760. The number of ketones is 1. The molecule has 17 heteroatoms. The van der Waals surface area contributed by atoms with Crippen molar-refractivity contribution < 1.29 is 48.6 Å². The summed E-state index contributed by atoms with van der Waals surface area (Å²) in [4.78, 5) is 114. The van der Waals surface area contributed by atoms with Crippen LogP contribution in [0.25, 0.3) is 0 Å². The summed E-state index contributed by atoms with van der Waals surface area (Å²) in [5.74, 6) is -7.12. The minimum Gasteiger partial charge on any atom is -0.481 e. The number of nitrogens with one attached hydrogen (secondary N) is 5. The number of aliphatic hydroxyl groups is 1. The fraction of sp³-hybridized carbons (Fsp3) is 0.674. The van der Waals surface area contributed by atoms with Crippen molar-refractivity contribution in [2.24, 2.45) is 11.8 Å². The van der Waals surface area contributed by atoms with E-state index in [4.69, 9.17) is 0 Å². The van der Waals surface area contributed by atoms with Crippen LogP contribution >= 0.6 is 0 Å². The molecule has 0 saturated carbocycles. The van der Waals surface area contributed by atoms with Crippen LogP contribution in [0.1, 0.15) is 105 Å². The Balaban J connectivity index is 1.83. The third-order valence-corrected chi connectivity index (χ3v) is 11.3. The van der Waals surface area contributed by atoms with Gasteiger partial charge >= 0.3 is 5.97 Å². The molecule has 3 saturated heterocycles. The Labute approximate surface area is 352 Å². The first-order chi connectivity index (χ1) is 28.1. The molecule has 9 atom stereocenters. The minimum absolute atomic E-state index is 0.0973. The van der Waals surface area contributed by atoms with Gasteiger partial charge < -0.3 is 41.7 Å². The molecule has 332 valence electrons. The average molecular weight is 840 g/mol. The first-order valence-electron chi connectivity index (χ1n) is 21.1. The van der Waals surface area contributed by atoms with E-state index < -0.39 is 108 Å². The number of hydrogen-bond donors (Lipinski definition) is 7. The Morgan fingerprint density at radius 3 is 2.05 bits per heavy atom. The zero-order chi connectivity index (χ0) is 44.6. The highest BCUT2D eigenvalue weighted by molar-refractivity contribution is 5.98. The summed E-state index contributed by atoms with van der Waals surface area (Å²) < 4.78 is 0. The van der Waals surface area contributed by atoms with Gasteiger partial charge in [-0.15, -0.1) is 0 Å². The second-order valence-corrected chi connectivity index (χ2v) is 18.2. The van der Waals surface area contributed by atoms with Crippen molar-refractivity contribution in [1.29, 1.82) is 0 Å². The van der Waals surface area contributed by atoms with Gasteiger partial charge in [-0.2, -0.15) is 0 Å². The maximum absolute atomic E-state index is 14.6. The first-order valence-corrected chi connectivity index (χ1v) is 21.1. The maximum Gasteiger partial charge on any atom is 0.305 e. The third-order valence-electron chi connectivity index (χ3n) is 11.3. The second-order valence-electron chi connectivity index (χ2n) is 18.2. The molecule has 7 N–H and O–H groups in total. The lowest BCUT2D eigenvalue weighted by Gasteiger charge is -2.38. The van der Waals surface area contributed by atoms with Gasteiger partial charge in [0.1, 0.15) is 24.2 Å². The molecule has 1 aromatic rings. The lowest BCUT2D eigenvalue weighted by Crippen LogP contribution is -2.65. The summed E-state index contributed by atoms with van der Waals surface area (Å²) in [6.07, 6.45) is -0.703. The topological polar surface area (TPSA) is 244 Å². The largest absolute Gasteiger partial charge is 0.481 e. The number of amides is 6. The number of carboxylic acids is 1. The van der Waals surface area contributed by atoms with E-state index >= 15 is 0 Å². The summed E-state index contributed by atoms with van der Waals surface area (Å²) in [6, 6.07) is -0.879. The van der Waals surface area contributed by atoms with Crippen LogP contribution in [0, 0.1) is 18.8 Å². The molecule has 0 radical (unpaired) electrons. The third kappa shape index (κ3) is 12.8. The predicted molar refractivity (Wildman–Crippen MR) is 221 cm³/mol. The van der Waals surface area contributed by atoms with Crippen molar-refractivity contribution in [2.75, 3.05) is 13.1 Å². The van der Waals surface area contributed by atoms with E-state index in [0.717, 1.165) is 11.1 Å². The number of nitrogens with zero attached hydrogens (tertiary/aromatic N) is 2. The summed E-state index contributed by atoms with van der Waals surface area (Å²) in [7, 11) is 0. The smallest absolute Gasteiger partial charge is 0.305 e. The predicted octanol–water partition coefficient (Wildman–Crippen LogP) is 0.726. The number of carboxylic acid groups (broad SMARTS) is 1. The molecule has 0 unspecified atom stereocenters. The number of rotatable bonds is 8. The van der Waals surface area contributed by atoms with Gasteiger partial charge in [-0.3, -0.25) is 43.3 Å². The second kappa shape index (κ2) is 20.6. The van der Waals surface area contributed by atoms with Gasteiger partial charge in [-0.25, -0.2) is 0 Å². The molecular weight excluding hydrogens is 775 g/mol. The van der Waals surface area contributed by atoms with Crippen molar-refractivity contribution >= 4 is 47.2 Å². The van der Waals surface area contributed by atoms with Crippen molar-refractivity contribution in [3.8, 4) is 0 Å². The van der Waals surface area contributed by atoms with E-state index in [-0.39, 0.29) is 44.1 Å². The Kier molecular flexibility index (Phi) is 16.4. The number of hydrogen-bond acceptors (Lipinski definition) is 10. The first kappa shape index (κ1) is 47.8. The number of carbonyl (C=O) groups is 8. The molecule has 4 rings (SSSR count). The Hall–Kier alpha value is -4.90. The molecular formula is C43H65N7O10. The van der Waals surface area contributed by atoms with Crippen LogP contribution in [0.4, 0.5) is 0 Å². The normalized spacial score (nSPS) is 28.7. The molecule has 1 aromatic carbocycles. The molecule has 3 heterocycles. The maximum atomic E-state index is 14.6. The van der Waals surface area contributed by atoms with Gasteiger partial charge in [0, 0.05) is 30.8 Å². The fourth-order valence-electron chi connectivity index (χ4n) is 8.46. The van der Waals surface area contributed by atoms with Crippen LogP contribution in [0.3, 0.4) is 0 Å². The molecule has 3 aliphatic heterocycles. The molecule has 0 spiro atoms. The summed E-state index contributed by atoms with van der Waals surface area (Å²) in [6.45, 7) is 14.3. The number of carbonyl (C=O) groups excluding carboxylic acids is 7. The highest BCUT2D eigenvalue weighted by Gasteiger charge is 2.45. The lowest BCUT2D eigenvalue weighted by atomic mass is 9.89. The summed E-state index contributed by atoms with van der Waals surface area (Å²) in [5.41, 5.74) is 1.06. The van der Waals surface area contributed by atoms with Crippen molar-refractivity contribution in [1.82, 2.24) is 36.4 Å². The van der Waals surface area contributed by atoms with Crippen LogP contribution in [-0.4, -0.2) is 134 Å². The van der Waals surface area contributed by atoms with E-state index in [1.54, 1.807) is 32.6 Å². The van der Waals surface area contributed by atoms with E-state index in [1.165, 1.54) is 11.8 Å². The summed E-state index contributed by atoms with van der Waals surface area (Å²) >= 11 is 0. The number of aryl methyl sites for hydroxylation is 1. The van der Waals surface area contributed by atoms with Crippen LogP contribution in [0.15, 0.2) is 24.3 Å². The number of aliphatic carboxylic acids is 1. The average Bonchev–Trinajstić information content (AvgIpc) is 3.83. The van der Waals surface area contributed by atoms with Crippen LogP contribution < -0.4 is 26.6 Å². The Morgan fingerprint density at radius 1 is 0.833 bits per heavy atom.